The van der Waals surface area contributed by atoms with Gasteiger partial charge in [0.1, 0.15) is 36.9 Å². The van der Waals surface area contributed by atoms with Gasteiger partial charge in [-0.15, -0.1) is 0 Å². The van der Waals surface area contributed by atoms with Crippen LogP contribution in [0.15, 0.2) is 0 Å². The lowest BCUT2D eigenvalue weighted by molar-refractivity contribution is -0.246. The van der Waals surface area contributed by atoms with Gasteiger partial charge in [-0.3, -0.25) is 62.5 Å². The van der Waals surface area contributed by atoms with Gasteiger partial charge >= 0.3 is 11.9 Å². The number of piperidine rings is 4. The molecule has 0 spiro atoms. The van der Waals surface area contributed by atoms with E-state index in [2.05, 4.69) is 26.1 Å². The number of ether oxygens (including phenoxy) is 4. The van der Waals surface area contributed by atoms with E-state index in [1.54, 1.807) is 54.6 Å². The minimum atomic E-state index is -3.41. The van der Waals surface area contributed by atoms with E-state index in [9.17, 15) is 80.3 Å². The molecule has 13 heterocycles. The van der Waals surface area contributed by atoms with Crippen molar-refractivity contribution in [2.75, 3.05) is 65.8 Å². The van der Waals surface area contributed by atoms with Crippen LogP contribution >= 0.6 is 23.5 Å². The molecule has 13 aliphatic rings. The number of nitrogens with zero attached hydrogens (tertiary/aromatic N) is 7. The number of β-lactam (4-membered cyclic amide) rings is 3. The number of hydrogen-bond acceptors (Lipinski definition) is 24. The first-order valence-corrected chi connectivity index (χ1v) is 45.1. The summed E-state index contributed by atoms with van der Waals surface area (Å²) in [6.07, 6.45) is 12.8. The Morgan fingerprint density at radius 1 is 0.479 bits per heavy atom. The molecule has 0 saturated carbocycles. The Morgan fingerprint density at radius 3 is 1.10 bits per heavy atom. The molecule has 33 heteroatoms. The van der Waals surface area contributed by atoms with Crippen LogP contribution in [0.25, 0.3) is 0 Å². The molecule has 680 valence electrons. The minimum absolute atomic E-state index is 0.0108. The number of imide groups is 1. The molecule has 119 heavy (non-hydrogen) atoms. The smallest absolute Gasteiger partial charge is 0.329 e. The van der Waals surface area contributed by atoms with Crippen LogP contribution in [0.3, 0.4) is 0 Å². The van der Waals surface area contributed by atoms with E-state index in [0.717, 1.165) is 92.3 Å². The van der Waals surface area contributed by atoms with Gasteiger partial charge in [0.05, 0.1) is 59.5 Å². The molecule has 0 aromatic carbocycles. The third-order valence-corrected chi connectivity index (χ3v) is 25.1. The molecule has 0 radical (unpaired) electrons. The van der Waals surface area contributed by atoms with E-state index in [4.69, 9.17) is 23.8 Å². The van der Waals surface area contributed by atoms with Gasteiger partial charge in [-0.2, -0.15) is 0 Å². The van der Waals surface area contributed by atoms with E-state index >= 15 is 0 Å². The highest BCUT2D eigenvalue weighted by molar-refractivity contribution is 8.15. The molecular weight excluding hydrogens is 1590 g/mol. The molecule has 4 bridgehead atoms. The van der Waals surface area contributed by atoms with Crippen LogP contribution in [0.5, 0.6) is 0 Å². The molecule has 0 aromatic rings. The average Bonchev–Trinajstić information content (AvgIpc) is 0.994. The first kappa shape index (κ1) is 107. The Bertz CT molecular complexity index is 3560. The van der Waals surface area contributed by atoms with E-state index in [1.165, 1.54) is 21.7 Å². The van der Waals surface area contributed by atoms with Crippen molar-refractivity contribution >= 4 is 121 Å². The number of fused-ring (bicyclic) bond motifs is 6. The van der Waals surface area contributed by atoms with Gasteiger partial charge in [0.2, 0.25) is 63.2 Å². The van der Waals surface area contributed by atoms with Crippen molar-refractivity contribution in [2.24, 2.45) is 38.4 Å². The predicted octanol–water partition coefficient (Wildman–Crippen LogP) is 10.5. The molecular formula is C86H146N8O22S3. The number of carbonyl (C=O) groups excluding carboxylic acids is 15. The van der Waals surface area contributed by atoms with Crippen LogP contribution in [0.2, 0.25) is 0 Å². The number of thioether (sulfide) groups is 2. The minimum Gasteiger partial charge on any atom is -0.459 e. The zero-order valence-corrected chi connectivity index (χ0v) is 79.5. The number of carbonyl (C=O) groups is 15. The Balaban J connectivity index is 0.000000347. The molecule has 13 saturated heterocycles. The highest BCUT2D eigenvalue weighted by Crippen LogP contribution is 2.37. The maximum absolute atomic E-state index is 12.1. The summed E-state index contributed by atoms with van der Waals surface area (Å²) in [5.41, 5.74) is -2.25. The van der Waals surface area contributed by atoms with Gasteiger partial charge in [0.25, 0.3) is 0 Å². The summed E-state index contributed by atoms with van der Waals surface area (Å²) < 4.78 is 44.0. The number of morpholine rings is 2. The molecule has 2 unspecified atom stereocenters. The number of rotatable bonds is 8. The predicted molar refractivity (Wildman–Crippen MR) is 456 cm³/mol. The summed E-state index contributed by atoms with van der Waals surface area (Å²) in [6, 6.07) is -1.32. The molecule has 1 N–H and O–H groups in total. The van der Waals surface area contributed by atoms with Crippen LogP contribution in [0, 0.1) is 38.4 Å². The molecule has 9 amide bonds. The van der Waals surface area contributed by atoms with Crippen LogP contribution in [-0.2, 0) is 106 Å². The lowest BCUT2D eigenvalue weighted by atomic mass is 9.84. The van der Waals surface area contributed by atoms with Crippen LogP contribution in [0.1, 0.15) is 283 Å². The maximum atomic E-state index is 12.1. The van der Waals surface area contributed by atoms with Gasteiger partial charge < -0.3 is 53.5 Å². The number of hydrogen-bond donors (Lipinski definition) is 1. The summed E-state index contributed by atoms with van der Waals surface area (Å²) in [5, 5.41) is 4.68. The van der Waals surface area contributed by atoms with Gasteiger partial charge in [-0.25, -0.2) is 27.4 Å². The fraction of sp³-hybridized carbons (Fsp3) is 0.826. The zero-order chi connectivity index (χ0) is 91.7. The summed E-state index contributed by atoms with van der Waals surface area (Å²) in [4.78, 5) is 184. The number of likely N-dealkylation sites (tertiary alicyclic amines) is 3. The molecule has 10 atom stereocenters. The van der Waals surface area contributed by atoms with Crippen molar-refractivity contribution < 1.29 is 104 Å². The van der Waals surface area contributed by atoms with Gasteiger partial charge in [0, 0.05) is 123 Å². The summed E-state index contributed by atoms with van der Waals surface area (Å²) in [7, 11) is -0.112. The largest absolute Gasteiger partial charge is 0.459 e. The van der Waals surface area contributed by atoms with E-state index in [0.29, 0.717) is 101 Å². The lowest BCUT2D eigenvalue weighted by Crippen LogP contribution is -2.61. The monoisotopic (exact) mass is 1740 g/mol. The third kappa shape index (κ3) is 33.6. The molecule has 0 aromatic heterocycles. The van der Waals surface area contributed by atoms with E-state index in [1.807, 2.05) is 145 Å². The number of nitrogens with one attached hydrogen (secondary N) is 1. The Hall–Kier alpha value is -6.42. The van der Waals surface area contributed by atoms with Crippen molar-refractivity contribution in [1.29, 1.82) is 0 Å². The first-order valence-electron chi connectivity index (χ1n) is 41.8. The lowest BCUT2D eigenvalue weighted by Gasteiger charge is -2.45. The Kier molecular flexibility index (Phi) is 39.3. The standard InChI is InChI=1S/2C12H21NO3.2C11H17NO3.C9H15NO2S.C9H16OS.C8H13NO2.C7H13NO3S.C7H13NO2/c2*1-12(2,3)11(15)13-6-5-10(16-4)7-9(13)8-14;2*1-11(2,3)10(14)12-6-7-4-5-8(12)9(13)15-7;1-9(2,3)10-8(12)6-4-5-7(11)13-6;1-9(2,3)6-7-4-5-11-8(7)10;1-8(2,3)7(11)9-5-4-6(9)10;1-7(2,3)12(10,11)8-5-4-6(8)9;1-7(2,3)10-8-5-4-6(8)9/h2*8-10H,5-7H2,1-4H3;2*7-8H,4-6H2,1-3H3;6H,4-5H2,1-3H3,(H,10,12);7H,4-6H2,1-3H3;4-5H2,1-3H3;4-5H2,1-3H3;4-5H2,1-3H3/t2*9-,10+;2*7-,8-;;;;;/m1010...../s1. The van der Waals surface area contributed by atoms with Crippen molar-refractivity contribution in [2.45, 2.75) is 353 Å². The number of sulfonamides is 1. The fourth-order valence-corrected chi connectivity index (χ4v) is 16.8. The third-order valence-electron chi connectivity index (χ3n) is 20.3. The average molecular weight is 1740 g/mol. The summed E-state index contributed by atoms with van der Waals surface area (Å²) in [5.74, 6) is 0.813. The molecule has 30 nitrogen and oxygen atoms in total. The second-order valence-corrected chi connectivity index (χ2v) is 46.2. The quantitative estimate of drug-likeness (QED) is 0.134. The highest BCUT2D eigenvalue weighted by atomic mass is 32.2. The number of esters is 2. The van der Waals surface area contributed by atoms with Gasteiger partial charge in [-0.1, -0.05) is 148 Å². The number of amides is 9. The van der Waals surface area contributed by atoms with Gasteiger partial charge in [-0.05, 0) is 126 Å². The molecule has 13 aliphatic heterocycles. The zero-order valence-electron chi connectivity index (χ0n) is 77.0. The first-order chi connectivity index (χ1) is 54.1. The summed E-state index contributed by atoms with van der Waals surface area (Å²) in [6.45, 7) is 55.0. The molecule has 13 rings (SSSR count). The van der Waals surface area contributed by atoms with E-state index in [-0.39, 0.29) is 135 Å². The van der Waals surface area contributed by atoms with Crippen LogP contribution in [-0.4, -0.2) is 266 Å². The van der Waals surface area contributed by atoms with Crippen molar-refractivity contribution in [1.82, 2.24) is 39.2 Å². The highest BCUT2D eigenvalue weighted by Gasteiger charge is 2.49. The second-order valence-electron chi connectivity index (χ2n) is 41.2. The van der Waals surface area contributed by atoms with Crippen molar-refractivity contribution in [3.63, 3.8) is 0 Å². The summed E-state index contributed by atoms with van der Waals surface area (Å²) >= 11 is 2.67. The van der Waals surface area contributed by atoms with Crippen molar-refractivity contribution in [3.05, 3.63) is 0 Å². The van der Waals surface area contributed by atoms with E-state index < -0.39 is 41.8 Å². The van der Waals surface area contributed by atoms with Crippen molar-refractivity contribution in [3.8, 4) is 0 Å². The van der Waals surface area contributed by atoms with Gasteiger partial charge in [0.15, 0.2) is 10.2 Å². The number of methoxy groups -OCH3 is 2. The molecule has 0 aliphatic carbocycles. The number of hydroxylamine groups is 2. The molecule has 13 fully saturated rings. The Morgan fingerprint density at radius 2 is 0.882 bits per heavy atom. The normalized spacial score (nSPS) is 25.0. The fourth-order valence-electron chi connectivity index (χ4n) is 13.5. The second kappa shape index (κ2) is 43.8. The number of aldehydes is 2. The Labute approximate surface area is 718 Å². The maximum Gasteiger partial charge on any atom is 0.329 e. The van der Waals surface area contributed by atoms with Crippen LogP contribution in [0.4, 0.5) is 0 Å². The topological polar surface area (TPSA) is 371 Å². The van der Waals surface area contributed by atoms with Crippen LogP contribution < -0.4 is 5.32 Å². The SMILES string of the molecule is CC(C)(C)C(=O)N1CCC1=O.CC(C)(C)C(=O)N1C[C@@H]2CC[C@H]1C(=O)O2.CC(C)(C)C(=O)N1C[C@H]2CC[C@@H]1C(=O)O2.CC(C)(C)CC1CCSC1=O.CC(C)(C)NC(=O)C1CCC(=O)S1.CC(C)(C)ON1CCC1=O.CC(C)(C)S(=O)(=O)N1CCC1=O.CO[C@@H]1CCN(C(=O)C(C)(C)C)[C@H](C=O)C1.CO[C@H]1CCN(C(=O)C(C)(C)C)[C@@H](C=O)C1.